The summed E-state index contributed by atoms with van der Waals surface area (Å²) in [5, 5.41) is -0.134. The number of imidazole rings is 1. The third kappa shape index (κ3) is 6.08. The maximum absolute atomic E-state index is 13.3. The zero-order chi connectivity index (χ0) is 25.4. The number of rotatable bonds is 9. The Morgan fingerprint density at radius 1 is 1.17 bits per heavy atom. The van der Waals surface area contributed by atoms with Crippen LogP contribution in [0, 0.1) is 11.8 Å². The highest BCUT2D eigenvalue weighted by Gasteiger charge is 2.36. The summed E-state index contributed by atoms with van der Waals surface area (Å²) in [7, 11) is -4.00. The van der Waals surface area contributed by atoms with E-state index in [0.717, 1.165) is 50.7 Å². The summed E-state index contributed by atoms with van der Waals surface area (Å²) in [4.78, 5) is 19.3. The van der Waals surface area contributed by atoms with Crippen molar-refractivity contribution in [2.45, 2.75) is 82.0 Å². The minimum Gasteiger partial charge on any atom is -0.336 e. The Morgan fingerprint density at radius 3 is 2.46 bits per heavy atom. The number of carbonyl (C=O) groups excluding carboxylic acids is 1. The van der Waals surface area contributed by atoms with Gasteiger partial charge in [0.2, 0.25) is 20.9 Å². The van der Waals surface area contributed by atoms with Crippen LogP contribution in [0.4, 0.5) is 13.2 Å². The molecule has 4 rings (SSSR count). The molecule has 0 aliphatic heterocycles. The second-order valence-electron chi connectivity index (χ2n) is 10.2. The molecule has 1 aromatic carbocycles. The standard InChI is InChI=1S/C25H32F3N3O3S/c1-17(2)14-30(23(32)19-7-3-4-8-19)15-22-13-29-24(31(22)21-10-11-21)35(33,34)16-18-6-5-9-20(12-18)25(26,27)28/h5-6,9,12-13,17,19,21H,3-4,7-8,10-11,14-16H2,1-2H3. The first-order chi connectivity index (χ1) is 16.5. The number of benzene rings is 1. The van der Waals surface area contributed by atoms with Gasteiger partial charge in [0.1, 0.15) is 0 Å². The smallest absolute Gasteiger partial charge is 0.336 e. The van der Waals surface area contributed by atoms with Crippen LogP contribution in [0.1, 0.15) is 75.2 Å². The maximum atomic E-state index is 13.3. The van der Waals surface area contributed by atoms with Crippen molar-refractivity contribution in [1.29, 1.82) is 0 Å². The summed E-state index contributed by atoms with van der Waals surface area (Å²) in [6.07, 6.45) is 2.41. The van der Waals surface area contributed by atoms with Gasteiger partial charge in [-0.1, -0.05) is 44.9 Å². The lowest BCUT2D eigenvalue weighted by Crippen LogP contribution is -2.38. The summed E-state index contributed by atoms with van der Waals surface area (Å²) in [6.45, 7) is 4.92. The summed E-state index contributed by atoms with van der Waals surface area (Å²) in [5.41, 5.74) is -0.169. The van der Waals surface area contributed by atoms with Crippen molar-refractivity contribution in [3.05, 3.63) is 47.3 Å². The topological polar surface area (TPSA) is 72.3 Å². The Morgan fingerprint density at radius 2 is 1.86 bits per heavy atom. The number of carbonyl (C=O) groups is 1. The van der Waals surface area contributed by atoms with Gasteiger partial charge in [-0.3, -0.25) is 4.79 Å². The van der Waals surface area contributed by atoms with E-state index in [-0.39, 0.29) is 41.0 Å². The summed E-state index contributed by atoms with van der Waals surface area (Å²) < 4.78 is 67.6. The number of nitrogens with zero attached hydrogens (tertiary/aromatic N) is 3. The summed E-state index contributed by atoms with van der Waals surface area (Å²) in [5.74, 6) is -0.207. The molecule has 1 aromatic heterocycles. The van der Waals surface area contributed by atoms with E-state index in [2.05, 4.69) is 4.98 Å². The van der Waals surface area contributed by atoms with Gasteiger partial charge in [0.15, 0.2) is 0 Å². The molecule has 10 heteroatoms. The first-order valence-electron chi connectivity index (χ1n) is 12.2. The van der Waals surface area contributed by atoms with Crippen molar-refractivity contribution in [2.75, 3.05) is 6.54 Å². The van der Waals surface area contributed by atoms with E-state index in [1.165, 1.54) is 18.3 Å². The molecule has 6 nitrogen and oxygen atoms in total. The average molecular weight is 512 g/mol. The van der Waals surface area contributed by atoms with E-state index < -0.39 is 27.3 Å². The normalized spacial score (nSPS) is 17.3. The molecule has 0 radical (unpaired) electrons. The van der Waals surface area contributed by atoms with E-state index in [4.69, 9.17) is 0 Å². The lowest BCUT2D eigenvalue weighted by Gasteiger charge is -2.28. The number of hydrogen-bond donors (Lipinski definition) is 0. The molecule has 1 amide bonds. The van der Waals surface area contributed by atoms with Crippen molar-refractivity contribution >= 4 is 15.7 Å². The van der Waals surface area contributed by atoms with E-state index >= 15 is 0 Å². The van der Waals surface area contributed by atoms with Crippen LogP contribution >= 0.6 is 0 Å². The monoisotopic (exact) mass is 511 g/mol. The minimum absolute atomic E-state index is 0.00941. The molecule has 0 atom stereocenters. The molecule has 0 bridgehead atoms. The molecule has 35 heavy (non-hydrogen) atoms. The second kappa shape index (κ2) is 9.95. The van der Waals surface area contributed by atoms with Gasteiger partial charge in [-0.2, -0.15) is 13.2 Å². The summed E-state index contributed by atoms with van der Waals surface area (Å²) in [6, 6.07) is 4.35. The minimum atomic E-state index is -4.55. The van der Waals surface area contributed by atoms with Crippen molar-refractivity contribution < 1.29 is 26.4 Å². The Balaban J connectivity index is 1.61. The Bertz CT molecular complexity index is 1160. The van der Waals surface area contributed by atoms with Crippen LogP contribution in [0.15, 0.2) is 35.6 Å². The fourth-order valence-electron chi connectivity index (χ4n) is 4.87. The molecule has 0 saturated heterocycles. The molecular weight excluding hydrogens is 479 g/mol. The van der Waals surface area contributed by atoms with Crippen LogP contribution in [0.2, 0.25) is 0 Å². The van der Waals surface area contributed by atoms with Crippen molar-refractivity contribution in [3.63, 3.8) is 0 Å². The van der Waals surface area contributed by atoms with E-state index in [1.807, 2.05) is 18.7 Å². The number of hydrogen-bond acceptors (Lipinski definition) is 4. The Labute approximate surface area is 204 Å². The highest BCUT2D eigenvalue weighted by atomic mass is 32.2. The lowest BCUT2D eigenvalue weighted by molar-refractivity contribution is -0.138. The van der Waals surface area contributed by atoms with E-state index in [9.17, 15) is 26.4 Å². The highest BCUT2D eigenvalue weighted by Crippen LogP contribution is 2.39. The molecule has 0 unspecified atom stereocenters. The molecular formula is C25H32F3N3O3S. The highest BCUT2D eigenvalue weighted by molar-refractivity contribution is 7.90. The lowest BCUT2D eigenvalue weighted by atomic mass is 10.1. The molecule has 0 N–H and O–H groups in total. The van der Waals surface area contributed by atoms with Gasteiger partial charge < -0.3 is 9.47 Å². The average Bonchev–Trinajstić information content (AvgIpc) is 3.28. The molecule has 0 spiro atoms. The SMILES string of the molecule is CC(C)CN(Cc1cnc(S(=O)(=O)Cc2cccc(C(F)(F)F)c2)n1C1CC1)C(=O)C1CCCC1. The Kier molecular flexibility index (Phi) is 7.31. The first-order valence-corrected chi connectivity index (χ1v) is 13.8. The van der Waals surface area contributed by atoms with Crippen LogP contribution in [-0.2, 0) is 33.1 Å². The zero-order valence-corrected chi connectivity index (χ0v) is 20.9. The fraction of sp³-hybridized carbons (Fsp3) is 0.600. The van der Waals surface area contributed by atoms with Crippen LogP contribution < -0.4 is 0 Å². The molecule has 2 aliphatic rings. The molecule has 192 valence electrons. The van der Waals surface area contributed by atoms with Gasteiger partial charge in [-0.15, -0.1) is 0 Å². The molecule has 2 fully saturated rings. The van der Waals surface area contributed by atoms with Gasteiger partial charge >= 0.3 is 6.18 Å². The van der Waals surface area contributed by atoms with Crippen molar-refractivity contribution in [1.82, 2.24) is 14.5 Å². The molecule has 2 aliphatic carbocycles. The zero-order valence-electron chi connectivity index (χ0n) is 20.1. The Hall–Kier alpha value is -2.36. The second-order valence-corrected chi connectivity index (χ2v) is 12.1. The predicted molar refractivity (Wildman–Crippen MR) is 125 cm³/mol. The van der Waals surface area contributed by atoms with E-state index in [0.29, 0.717) is 12.2 Å². The number of amides is 1. The number of sulfone groups is 1. The van der Waals surface area contributed by atoms with Crippen LogP contribution in [0.5, 0.6) is 0 Å². The number of alkyl halides is 3. The van der Waals surface area contributed by atoms with Crippen molar-refractivity contribution in [2.24, 2.45) is 11.8 Å². The van der Waals surface area contributed by atoms with E-state index in [1.54, 1.807) is 4.57 Å². The largest absolute Gasteiger partial charge is 0.416 e. The van der Waals surface area contributed by atoms with Gasteiger partial charge in [-0.25, -0.2) is 13.4 Å². The van der Waals surface area contributed by atoms with Gasteiger partial charge in [0.05, 0.1) is 29.8 Å². The van der Waals surface area contributed by atoms with Crippen LogP contribution in [0.25, 0.3) is 0 Å². The molecule has 2 aromatic rings. The van der Waals surface area contributed by atoms with Gasteiger partial charge in [0.25, 0.3) is 0 Å². The maximum Gasteiger partial charge on any atom is 0.416 e. The quantitative estimate of drug-likeness (QED) is 0.453. The van der Waals surface area contributed by atoms with Gasteiger partial charge in [-0.05, 0) is 43.2 Å². The predicted octanol–water partition coefficient (Wildman–Crippen LogP) is 5.39. The van der Waals surface area contributed by atoms with Crippen molar-refractivity contribution in [3.8, 4) is 0 Å². The van der Waals surface area contributed by atoms with Crippen LogP contribution in [-0.4, -0.2) is 35.3 Å². The first kappa shape index (κ1) is 25.7. The van der Waals surface area contributed by atoms with Crippen LogP contribution in [0.3, 0.4) is 0 Å². The third-order valence-corrected chi connectivity index (χ3v) is 8.17. The van der Waals surface area contributed by atoms with Gasteiger partial charge in [0, 0.05) is 18.5 Å². The molecule has 1 heterocycles. The number of aromatic nitrogens is 2. The summed E-state index contributed by atoms with van der Waals surface area (Å²) >= 11 is 0. The third-order valence-electron chi connectivity index (χ3n) is 6.60. The fourth-order valence-corrected chi connectivity index (χ4v) is 6.40. The number of halogens is 3. The molecule has 2 saturated carbocycles.